The molecule has 14 nitrogen and oxygen atoms in total. The summed E-state index contributed by atoms with van der Waals surface area (Å²) in [5, 5.41) is 19.5. The Labute approximate surface area is 361 Å². The van der Waals surface area contributed by atoms with E-state index in [9.17, 15) is 63.0 Å². The van der Waals surface area contributed by atoms with E-state index in [-0.39, 0.29) is 58.4 Å². The van der Waals surface area contributed by atoms with Crippen LogP contribution in [0.2, 0.25) is 0 Å². The minimum absolute atomic E-state index is 0.0753. The lowest BCUT2D eigenvalue weighted by Crippen LogP contribution is -2.33. The van der Waals surface area contributed by atoms with Crippen LogP contribution in [-0.2, 0) is 50.8 Å². The van der Waals surface area contributed by atoms with Crippen LogP contribution in [-0.4, -0.2) is 50.0 Å². The van der Waals surface area contributed by atoms with E-state index in [1.807, 2.05) is 26.0 Å². The van der Waals surface area contributed by atoms with Crippen LogP contribution in [0, 0.1) is 0 Å². The molecule has 0 saturated carbocycles. The monoisotopic (exact) mass is 944 g/mol. The van der Waals surface area contributed by atoms with Gasteiger partial charge in [-0.15, -0.1) is 0 Å². The SMILES string of the molecule is CC[C@H]1OC2(O[C@H](CC)c3cccc(C(=O)O)c32)c2c(C(=O)O)cccc21.CC[C@H]1OC2(O[C@H](CC)c3cccc(OS(=O)(=O)C(F)(F)F)c32)c2c(OS(=O)(=O)C(F)(F)F)cccc21. The summed E-state index contributed by atoms with van der Waals surface area (Å²) in [4.78, 5) is 23.9. The number of rotatable bonds is 10. The Morgan fingerprint density at radius 3 is 1.05 bits per heavy atom. The predicted molar refractivity (Wildman–Crippen MR) is 209 cm³/mol. The van der Waals surface area contributed by atoms with Crippen LogP contribution in [0.4, 0.5) is 26.3 Å². The van der Waals surface area contributed by atoms with E-state index in [2.05, 4.69) is 8.37 Å². The lowest BCUT2D eigenvalue weighted by atomic mass is 9.86. The average molecular weight is 945 g/mol. The lowest BCUT2D eigenvalue weighted by molar-refractivity contribution is -0.236. The number of benzene rings is 4. The number of alkyl halides is 6. The molecular weight excluding hydrogens is 907 g/mol. The van der Waals surface area contributed by atoms with Crippen molar-refractivity contribution in [2.24, 2.45) is 0 Å². The highest BCUT2D eigenvalue weighted by Crippen LogP contribution is 2.62. The van der Waals surface area contributed by atoms with E-state index in [1.54, 1.807) is 26.0 Å². The highest BCUT2D eigenvalue weighted by atomic mass is 32.2. The van der Waals surface area contributed by atoms with Crippen molar-refractivity contribution >= 4 is 32.2 Å². The minimum Gasteiger partial charge on any atom is -0.478 e. The van der Waals surface area contributed by atoms with Crippen LogP contribution in [0.1, 0.15) is 143 Å². The minimum atomic E-state index is -6.18. The van der Waals surface area contributed by atoms with Crippen molar-refractivity contribution in [3.63, 3.8) is 0 Å². The second-order valence-electron chi connectivity index (χ2n) is 14.8. The van der Waals surface area contributed by atoms with Crippen LogP contribution < -0.4 is 8.37 Å². The summed E-state index contributed by atoms with van der Waals surface area (Å²) >= 11 is 0. The molecule has 4 aliphatic heterocycles. The van der Waals surface area contributed by atoms with Gasteiger partial charge >= 0.3 is 43.2 Å². The van der Waals surface area contributed by atoms with Gasteiger partial charge in [0.15, 0.2) is 11.5 Å². The summed E-state index contributed by atoms with van der Waals surface area (Å²) in [7, 11) is -12.4. The maximum absolute atomic E-state index is 13.1. The third kappa shape index (κ3) is 7.36. The number of fused-ring (bicyclic) bond motifs is 8. The molecule has 2 N–H and O–H groups in total. The number of aromatic carboxylic acids is 2. The first kappa shape index (κ1) is 46.7. The van der Waals surface area contributed by atoms with Crippen molar-refractivity contribution < 1.29 is 90.3 Å². The summed E-state index contributed by atoms with van der Waals surface area (Å²) in [5.41, 5.74) is -9.63. The van der Waals surface area contributed by atoms with Crippen LogP contribution in [0.25, 0.3) is 0 Å². The molecule has 0 fully saturated rings. The lowest BCUT2D eigenvalue weighted by Gasteiger charge is -2.29. The second kappa shape index (κ2) is 16.3. The Morgan fingerprint density at radius 1 is 0.516 bits per heavy atom. The largest absolute Gasteiger partial charge is 0.534 e. The number of hydrogen-bond donors (Lipinski definition) is 2. The molecule has 4 atom stereocenters. The van der Waals surface area contributed by atoms with Crippen molar-refractivity contribution in [3.8, 4) is 11.5 Å². The molecule has 4 aliphatic rings. The van der Waals surface area contributed by atoms with E-state index < -0.39 is 78.5 Å². The van der Waals surface area contributed by atoms with E-state index in [0.717, 1.165) is 23.3 Å². The topological polar surface area (TPSA) is 198 Å². The molecule has 0 amide bonds. The second-order valence-corrected chi connectivity index (χ2v) is 17.9. The summed E-state index contributed by atoms with van der Waals surface area (Å²) in [5.74, 6) is -7.77. The zero-order valence-corrected chi connectivity index (χ0v) is 35.6. The molecule has 0 unspecified atom stereocenters. The van der Waals surface area contributed by atoms with Crippen molar-refractivity contribution in [3.05, 3.63) is 128 Å². The molecule has 0 saturated heterocycles. The van der Waals surface area contributed by atoms with E-state index >= 15 is 0 Å². The highest BCUT2D eigenvalue weighted by molar-refractivity contribution is 7.88. The molecule has 0 radical (unpaired) electrons. The van der Waals surface area contributed by atoms with E-state index in [0.29, 0.717) is 24.0 Å². The van der Waals surface area contributed by atoms with Crippen LogP contribution in [0.5, 0.6) is 11.5 Å². The number of carbonyl (C=O) groups is 2. The third-order valence-corrected chi connectivity index (χ3v) is 13.1. The fraction of sp³-hybridized carbons (Fsp3) is 0.381. The van der Waals surface area contributed by atoms with Gasteiger partial charge in [-0.3, -0.25) is 0 Å². The summed E-state index contributed by atoms with van der Waals surface area (Å²) in [6.45, 7) is 7.13. The molecule has 4 aromatic carbocycles. The molecule has 0 bridgehead atoms. The summed E-state index contributed by atoms with van der Waals surface area (Å²) in [6.07, 6.45) is -1.06. The first-order valence-electron chi connectivity index (χ1n) is 19.7. The van der Waals surface area contributed by atoms with Gasteiger partial charge in [-0.25, -0.2) is 9.59 Å². The van der Waals surface area contributed by atoms with Crippen LogP contribution in [0.3, 0.4) is 0 Å². The van der Waals surface area contributed by atoms with Gasteiger partial charge < -0.3 is 37.5 Å². The fourth-order valence-corrected chi connectivity index (χ4v) is 9.56. The van der Waals surface area contributed by atoms with Crippen LogP contribution in [0.15, 0.2) is 72.8 Å². The van der Waals surface area contributed by atoms with Gasteiger partial charge in [-0.2, -0.15) is 43.2 Å². The van der Waals surface area contributed by atoms with E-state index in [1.165, 1.54) is 36.4 Å². The molecule has 4 heterocycles. The Kier molecular flexibility index (Phi) is 11.9. The quantitative estimate of drug-likeness (QED) is 0.0865. The number of halogens is 6. The van der Waals surface area contributed by atoms with Crippen molar-refractivity contribution in [2.75, 3.05) is 0 Å². The Balaban J connectivity index is 0.000000201. The molecule has 2 spiro atoms. The third-order valence-electron chi connectivity index (χ3n) is 11.2. The van der Waals surface area contributed by atoms with Crippen molar-refractivity contribution in [1.82, 2.24) is 0 Å². The molecule has 8 rings (SSSR count). The van der Waals surface area contributed by atoms with Gasteiger partial charge in [0.05, 0.1) is 46.7 Å². The first-order valence-corrected chi connectivity index (χ1v) is 22.5. The highest BCUT2D eigenvalue weighted by Gasteiger charge is 2.60. The molecule has 0 aliphatic carbocycles. The zero-order chi connectivity index (χ0) is 46.9. The molecule has 4 aromatic rings. The first-order chi connectivity index (χ1) is 29.9. The Hall–Kier alpha value is -5.26. The van der Waals surface area contributed by atoms with Gasteiger partial charge in [0, 0.05) is 11.1 Å². The van der Waals surface area contributed by atoms with Gasteiger partial charge in [0.25, 0.3) is 0 Å². The smallest absolute Gasteiger partial charge is 0.478 e. The normalized spacial score (nSPS) is 21.4. The number of hydrogen-bond acceptors (Lipinski definition) is 12. The number of carboxylic acids is 2. The molecule has 22 heteroatoms. The zero-order valence-electron chi connectivity index (χ0n) is 33.9. The van der Waals surface area contributed by atoms with Crippen molar-refractivity contribution in [2.45, 2.75) is 100 Å². The van der Waals surface area contributed by atoms with Crippen LogP contribution >= 0.6 is 0 Å². The summed E-state index contributed by atoms with van der Waals surface area (Å²) in [6, 6.07) is 17.0. The van der Waals surface area contributed by atoms with Gasteiger partial charge in [0.2, 0.25) is 11.6 Å². The molecular formula is C42H38F6O14S2. The maximum atomic E-state index is 13.1. The van der Waals surface area contributed by atoms with E-state index in [4.69, 9.17) is 18.9 Å². The van der Waals surface area contributed by atoms with Gasteiger partial charge in [-0.05, 0) is 72.2 Å². The Morgan fingerprint density at radius 2 is 0.781 bits per heavy atom. The average Bonchev–Trinajstić information content (AvgIpc) is 3.95. The van der Waals surface area contributed by atoms with Gasteiger partial charge in [0.1, 0.15) is 0 Å². The molecule has 344 valence electrons. The fourth-order valence-electron chi connectivity index (χ4n) is 8.62. The molecule has 64 heavy (non-hydrogen) atoms. The predicted octanol–water partition coefficient (Wildman–Crippen LogP) is 9.55. The number of ether oxygens (including phenoxy) is 4. The van der Waals surface area contributed by atoms with Crippen molar-refractivity contribution in [1.29, 1.82) is 0 Å². The molecule has 0 aromatic heterocycles. The number of carboxylic acid groups (broad SMARTS) is 2. The van der Waals surface area contributed by atoms with Gasteiger partial charge in [-0.1, -0.05) is 76.2 Å². The standard InChI is InChI=1S/C21H18F6O8S2.C21H20O6/c1-3-13-11-7-5-9-15(34-36(28,29)20(22,23)24)17(11)19(32-13)18-12(14(4-2)33-19)8-6-10-16(18)35-37(30,31)21(25,26)27;1-3-15-11-7-5-9-13(19(22)23)17(11)21(26-15)18-12(16(4-2)27-21)8-6-10-14(18)20(24)25/h5-10,13-14H,3-4H2,1-2H3;5-10,15-16H,3-4H2,1-2H3,(H,22,23)(H,24,25)/t13-,14-,19?;15-,16-,21?/m11/s1. The Bertz CT molecular complexity index is 2570. The summed E-state index contributed by atoms with van der Waals surface area (Å²) < 4.78 is 160. The maximum Gasteiger partial charge on any atom is 0.534 e.